The van der Waals surface area contributed by atoms with Gasteiger partial charge in [0, 0.05) is 13.8 Å². The van der Waals surface area contributed by atoms with Crippen molar-refractivity contribution < 1.29 is 21.4 Å². The Hall–Kier alpha value is -0.710. The summed E-state index contributed by atoms with van der Waals surface area (Å²) in [7, 11) is 1.61. The topological polar surface area (TPSA) is 40.5 Å². The van der Waals surface area contributed by atoms with Crippen LogP contribution < -0.4 is 0 Å². The number of piperidine rings is 1. The molecule has 0 aromatic carbocycles. The first-order chi connectivity index (χ1) is 7.04. The molecular formula is C9H15F2NO2. The minimum absolute atomic E-state index is 0.152. The van der Waals surface area contributed by atoms with Crippen molar-refractivity contribution >= 4 is 5.97 Å². The lowest BCUT2D eigenvalue weighted by atomic mass is 9.72. The first-order valence-electron chi connectivity index (χ1n) is 5.34. The van der Waals surface area contributed by atoms with Gasteiger partial charge in [-0.3, -0.25) is 4.79 Å². The number of carboxylic acids is 1. The first kappa shape index (κ1) is 8.59. The van der Waals surface area contributed by atoms with E-state index in [-0.39, 0.29) is 19.5 Å². The summed E-state index contributed by atoms with van der Waals surface area (Å²) in [5.41, 5.74) is -1.94. The zero-order valence-electron chi connectivity index (χ0n) is 10.2. The monoisotopic (exact) mass is 209 g/mol. The van der Waals surface area contributed by atoms with E-state index in [1.807, 2.05) is 0 Å². The third-order valence-electron chi connectivity index (χ3n) is 2.70. The van der Waals surface area contributed by atoms with Gasteiger partial charge < -0.3 is 10.0 Å². The van der Waals surface area contributed by atoms with Crippen molar-refractivity contribution in [2.24, 2.45) is 11.3 Å². The number of halogens is 2. The second-order valence-corrected chi connectivity index (χ2v) is 3.86. The summed E-state index contributed by atoms with van der Waals surface area (Å²) >= 11 is 0. The summed E-state index contributed by atoms with van der Waals surface area (Å²) in [6.45, 7) is 1.15. The van der Waals surface area contributed by atoms with E-state index >= 15 is 0 Å². The fourth-order valence-electron chi connectivity index (χ4n) is 1.79. The predicted octanol–water partition coefficient (Wildman–Crippen LogP) is 1.29. The van der Waals surface area contributed by atoms with E-state index in [0.29, 0.717) is 0 Å². The second-order valence-electron chi connectivity index (χ2n) is 3.86. The molecule has 5 heteroatoms. The van der Waals surface area contributed by atoms with Gasteiger partial charge in [0.05, 0.1) is 5.41 Å². The Kier molecular flexibility index (Phi) is 2.33. The van der Waals surface area contributed by atoms with Crippen molar-refractivity contribution in [1.29, 1.82) is 0 Å². The second kappa shape index (κ2) is 3.81. The molecule has 0 aliphatic carbocycles. The van der Waals surface area contributed by atoms with Crippen LogP contribution in [0.5, 0.6) is 0 Å². The molecule has 1 heterocycles. The maximum absolute atomic E-state index is 13.2. The van der Waals surface area contributed by atoms with Gasteiger partial charge in [-0.1, -0.05) is 0 Å². The number of alkyl halides is 2. The Balaban J connectivity index is 3.21. The molecule has 0 saturated carbocycles. The van der Waals surface area contributed by atoms with E-state index in [4.69, 9.17) is 7.85 Å². The van der Waals surface area contributed by atoms with Crippen molar-refractivity contribution in [3.8, 4) is 0 Å². The Morgan fingerprint density at radius 2 is 2.43 bits per heavy atom. The zero-order valence-corrected chi connectivity index (χ0v) is 8.18. The van der Waals surface area contributed by atoms with Crippen LogP contribution in [0.1, 0.15) is 16.1 Å². The molecule has 0 radical (unpaired) electrons. The summed E-state index contributed by atoms with van der Waals surface area (Å²) in [6.07, 6.45) is -4.41. The van der Waals surface area contributed by atoms with E-state index < -0.39 is 23.7 Å². The van der Waals surface area contributed by atoms with Crippen molar-refractivity contribution in [2.45, 2.75) is 19.7 Å². The molecule has 3 nitrogen and oxygen atoms in total. The average molecular weight is 209 g/mol. The van der Waals surface area contributed by atoms with Crippen LogP contribution in [0, 0.1) is 11.3 Å². The van der Waals surface area contributed by atoms with E-state index in [2.05, 4.69) is 0 Å². The lowest BCUT2D eigenvalue weighted by Crippen LogP contribution is -2.52. The average Bonchev–Trinajstić information content (AvgIpc) is 2.09. The van der Waals surface area contributed by atoms with Gasteiger partial charge in [-0.05, 0) is 26.9 Å². The SMILES string of the molecule is [2H]C(F)(F)[C@@]1([2H])CCN(C)C[C@@]1(C)C(=O)O. The molecule has 2 atom stereocenters. The molecule has 1 rings (SSSR count). The normalized spacial score (nSPS) is 42.9. The van der Waals surface area contributed by atoms with Gasteiger partial charge in [-0.25, -0.2) is 8.78 Å². The van der Waals surface area contributed by atoms with E-state index in [9.17, 15) is 13.6 Å². The van der Waals surface area contributed by atoms with Gasteiger partial charge in [-0.15, -0.1) is 0 Å². The van der Waals surface area contributed by atoms with Crippen LogP contribution in [-0.4, -0.2) is 42.5 Å². The number of aliphatic carboxylic acids is 1. The Labute approximate surface area is 84.5 Å². The third-order valence-corrected chi connectivity index (χ3v) is 2.70. The molecule has 0 aromatic heterocycles. The molecule has 1 saturated heterocycles. The number of carbonyl (C=O) groups is 1. The lowest BCUT2D eigenvalue weighted by molar-refractivity contribution is -0.161. The van der Waals surface area contributed by atoms with Gasteiger partial charge in [0.1, 0.15) is 1.37 Å². The molecule has 0 spiro atoms. The fourth-order valence-corrected chi connectivity index (χ4v) is 1.79. The van der Waals surface area contributed by atoms with Crippen molar-refractivity contribution in [1.82, 2.24) is 4.90 Å². The fraction of sp³-hybridized carbons (Fsp3) is 0.889. The van der Waals surface area contributed by atoms with Crippen LogP contribution in [0.4, 0.5) is 8.78 Å². The molecule has 0 unspecified atom stereocenters. The largest absolute Gasteiger partial charge is 0.481 e. The third kappa shape index (κ3) is 1.87. The van der Waals surface area contributed by atoms with Crippen LogP contribution in [-0.2, 0) is 4.79 Å². The predicted molar refractivity (Wildman–Crippen MR) is 47.4 cm³/mol. The van der Waals surface area contributed by atoms with Gasteiger partial charge in [0.15, 0.2) is 0 Å². The zero-order chi connectivity index (χ0) is 12.8. The van der Waals surface area contributed by atoms with Crippen LogP contribution in [0.25, 0.3) is 0 Å². The molecular weight excluding hydrogens is 192 g/mol. The molecule has 1 N–H and O–H groups in total. The highest BCUT2D eigenvalue weighted by molar-refractivity contribution is 5.75. The first-order valence-corrected chi connectivity index (χ1v) is 4.34. The molecule has 1 aliphatic rings. The van der Waals surface area contributed by atoms with Crippen molar-refractivity contribution in [3.63, 3.8) is 0 Å². The summed E-state index contributed by atoms with van der Waals surface area (Å²) < 4.78 is 40.8. The van der Waals surface area contributed by atoms with Gasteiger partial charge in [0.25, 0.3) is 0 Å². The standard InChI is InChI=1S/C9H15F2NO2/c1-9(8(13)14)5-12(2)4-3-6(9)7(10)11/h6-7H,3-5H2,1-2H3,(H,13,14)/t6-,9-/m1/s1/i6D,7D. The van der Waals surface area contributed by atoms with Crippen molar-refractivity contribution in [3.05, 3.63) is 0 Å². The van der Waals surface area contributed by atoms with Gasteiger partial charge in [-0.2, -0.15) is 0 Å². The molecule has 82 valence electrons. The Bertz CT molecular complexity index is 310. The Morgan fingerprint density at radius 1 is 1.86 bits per heavy atom. The smallest absolute Gasteiger partial charge is 0.311 e. The summed E-state index contributed by atoms with van der Waals surface area (Å²) in [5, 5.41) is 9.05. The minimum Gasteiger partial charge on any atom is -0.481 e. The molecule has 0 amide bonds. The molecule has 1 aliphatic heterocycles. The number of hydrogen-bond donors (Lipinski definition) is 1. The maximum Gasteiger partial charge on any atom is 0.311 e. The minimum atomic E-state index is -4.08. The quantitative estimate of drug-likeness (QED) is 0.745. The summed E-state index contributed by atoms with van der Waals surface area (Å²) in [5.74, 6) is -4.04. The molecule has 1 fully saturated rings. The highest BCUT2D eigenvalue weighted by Crippen LogP contribution is 2.38. The van der Waals surface area contributed by atoms with Crippen LogP contribution in [0.2, 0.25) is 0 Å². The van der Waals surface area contributed by atoms with E-state index in [1.54, 1.807) is 11.9 Å². The van der Waals surface area contributed by atoms with E-state index in [1.165, 1.54) is 0 Å². The highest BCUT2D eigenvalue weighted by atomic mass is 19.3. The number of nitrogens with zero attached hydrogens (tertiary/aromatic N) is 1. The van der Waals surface area contributed by atoms with Crippen LogP contribution in [0.3, 0.4) is 0 Å². The highest BCUT2D eigenvalue weighted by Gasteiger charge is 2.48. The number of carboxylic acid groups (broad SMARTS) is 1. The van der Waals surface area contributed by atoms with Crippen LogP contribution >= 0.6 is 0 Å². The Morgan fingerprint density at radius 3 is 2.86 bits per heavy atom. The number of rotatable bonds is 2. The van der Waals surface area contributed by atoms with Gasteiger partial charge >= 0.3 is 5.97 Å². The molecule has 0 bridgehead atoms. The van der Waals surface area contributed by atoms with E-state index in [0.717, 1.165) is 6.92 Å². The van der Waals surface area contributed by atoms with Gasteiger partial charge in [0.2, 0.25) is 6.40 Å². The summed E-state index contributed by atoms with van der Waals surface area (Å²) in [6, 6.07) is 0. The number of hydrogen-bond acceptors (Lipinski definition) is 2. The summed E-state index contributed by atoms with van der Waals surface area (Å²) in [4.78, 5) is 12.7. The van der Waals surface area contributed by atoms with Crippen molar-refractivity contribution in [2.75, 3.05) is 20.1 Å². The lowest BCUT2D eigenvalue weighted by Gasteiger charge is -2.41. The maximum atomic E-state index is 13.2. The number of likely N-dealkylation sites (tertiary alicyclic amines) is 1. The molecule has 0 aromatic rings. The molecule has 14 heavy (non-hydrogen) atoms. The van der Waals surface area contributed by atoms with Crippen LogP contribution in [0.15, 0.2) is 0 Å².